The molecule has 5 aromatic rings. The molecule has 0 atom stereocenters. The van der Waals surface area contributed by atoms with Crippen molar-refractivity contribution in [2.45, 2.75) is 19.9 Å². The Kier molecular flexibility index (Phi) is 5.35. The van der Waals surface area contributed by atoms with Gasteiger partial charge in [0.05, 0.1) is 47.8 Å². The highest BCUT2D eigenvalue weighted by Crippen LogP contribution is 2.36. The number of ether oxygens (including phenoxy) is 1. The third-order valence-corrected chi connectivity index (χ3v) is 5.52. The average molecular weight is 451 g/mol. The van der Waals surface area contributed by atoms with E-state index in [1.807, 2.05) is 48.0 Å². The van der Waals surface area contributed by atoms with Gasteiger partial charge in [0.15, 0.2) is 11.5 Å². The van der Waals surface area contributed by atoms with Crippen molar-refractivity contribution in [2.75, 3.05) is 12.8 Å². The van der Waals surface area contributed by atoms with Crippen molar-refractivity contribution in [1.29, 1.82) is 5.26 Å². The zero-order valence-electron chi connectivity index (χ0n) is 18.7. The third-order valence-electron chi connectivity index (χ3n) is 5.52. The zero-order chi connectivity index (χ0) is 23.7. The van der Waals surface area contributed by atoms with Gasteiger partial charge >= 0.3 is 0 Å². The number of aryl methyl sites for hydroxylation is 1. The second kappa shape index (κ2) is 8.63. The fraction of sp³-hybridized carbons (Fsp3) is 0.167. The maximum Gasteiger partial charge on any atom is 0.223 e. The van der Waals surface area contributed by atoms with E-state index in [1.165, 1.54) is 4.52 Å². The number of hydrogen-bond acceptors (Lipinski definition) is 8. The number of methoxy groups -OCH3 is 1. The molecule has 10 heteroatoms. The second-order valence-electron chi connectivity index (χ2n) is 7.48. The first-order valence-electron chi connectivity index (χ1n) is 10.7. The first kappa shape index (κ1) is 21.1. The molecule has 0 aliphatic heterocycles. The lowest BCUT2D eigenvalue weighted by Crippen LogP contribution is -2.08. The molecule has 4 aromatic heterocycles. The number of hydrogen-bond donors (Lipinski definition) is 1. The number of anilines is 1. The van der Waals surface area contributed by atoms with Gasteiger partial charge in [0.1, 0.15) is 5.75 Å². The molecule has 168 valence electrons. The number of rotatable bonds is 6. The van der Waals surface area contributed by atoms with Crippen molar-refractivity contribution in [3.05, 3.63) is 71.9 Å². The molecule has 0 bridgehead atoms. The minimum absolute atomic E-state index is 0.163. The van der Waals surface area contributed by atoms with Crippen LogP contribution in [0.3, 0.4) is 0 Å². The van der Waals surface area contributed by atoms with Gasteiger partial charge in [-0.25, -0.2) is 9.97 Å². The lowest BCUT2D eigenvalue weighted by molar-refractivity contribution is 0.407. The van der Waals surface area contributed by atoms with E-state index in [2.05, 4.69) is 26.2 Å². The quantitative estimate of drug-likeness (QED) is 0.416. The Balaban J connectivity index is 1.78. The number of benzene rings is 1. The monoisotopic (exact) mass is 451 g/mol. The summed E-state index contributed by atoms with van der Waals surface area (Å²) in [6.45, 7) is 2.65. The summed E-state index contributed by atoms with van der Waals surface area (Å²) in [5.41, 5.74) is 10.8. The highest BCUT2D eigenvalue weighted by Gasteiger charge is 2.24. The van der Waals surface area contributed by atoms with Gasteiger partial charge in [-0.15, -0.1) is 5.10 Å². The van der Waals surface area contributed by atoms with Crippen molar-refractivity contribution < 1.29 is 4.74 Å². The Hall–Kier alpha value is -4.78. The summed E-state index contributed by atoms with van der Waals surface area (Å²) in [6, 6.07) is 15.1. The Labute approximate surface area is 195 Å². The van der Waals surface area contributed by atoms with E-state index in [9.17, 15) is 5.26 Å². The molecule has 4 heterocycles. The fourth-order valence-electron chi connectivity index (χ4n) is 3.98. The number of fused-ring (bicyclic) bond motifs is 1. The highest BCUT2D eigenvalue weighted by atomic mass is 16.5. The van der Waals surface area contributed by atoms with Crippen LogP contribution < -0.4 is 10.5 Å². The minimum atomic E-state index is 0.163. The normalized spacial score (nSPS) is 11.0. The summed E-state index contributed by atoms with van der Waals surface area (Å²) in [5.74, 6) is 1.33. The lowest BCUT2D eigenvalue weighted by Gasteiger charge is -2.13. The van der Waals surface area contributed by atoms with Gasteiger partial charge in [-0.2, -0.15) is 14.9 Å². The van der Waals surface area contributed by atoms with Crippen LogP contribution in [0.25, 0.3) is 28.2 Å². The molecule has 0 spiro atoms. The van der Waals surface area contributed by atoms with Crippen molar-refractivity contribution >= 4 is 11.6 Å². The van der Waals surface area contributed by atoms with Crippen LogP contribution in [0.5, 0.6) is 5.75 Å². The van der Waals surface area contributed by atoms with Crippen LogP contribution in [0.1, 0.15) is 24.0 Å². The zero-order valence-corrected chi connectivity index (χ0v) is 18.7. The van der Waals surface area contributed by atoms with E-state index < -0.39 is 0 Å². The van der Waals surface area contributed by atoms with Crippen LogP contribution in [0.4, 0.5) is 5.95 Å². The maximum absolute atomic E-state index is 9.72. The fourth-order valence-corrected chi connectivity index (χ4v) is 3.98. The maximum atomic E-state index is 9.72. The van der Waals surface area contributed by atoms with E-state index >= 15 is 0 Å². The van der Waals surface area contributed by atoms with Crippen molar-refractivity contribution in [2.24, 2.45) is 0 Å². The molecule has 34 heavy (non-hydrogen) atoms. The van der Waals surface area contributed by atoms with Crippen LogP contribution >= 0.6 is 0 Å². The number of nitrogen functional groups attached to an aromatic ring is 1. The molecule has 1 aromatic carbocycles. The number of nitriles is 1. The SMILES string of the molecule is CCn1nccc1-c1c(-c2ccccc2C#N)nc(N)n2nc(Cc3ncccc3OC)nc12. The van der Waals surface area contributed by atoms with Crippen molar-refractivity contribution in [3.63, 3.8) is 0 Å². The van der Waals surface area contributed by atoms with E-state index in [0.717, 1.165) is 5.69 Å². The van der Waals surface area contributed by atoms with Crippen LogP contribution in [-0.2, 0) is 13.0 Å². The van der Waals surface area contributed by atoms with Crippen molar-refractivity contribution in [3.8, 4) is 34.3 Å². The van der Waals surface area contributed by atoms with Crippen LogP contribution in [0.2, 0.25) is 0 Å². The molecule has 0 aliphatic carbocycles. The molecule has 0 saturated heterocycles. The molecule has 0 saturated carbocycles. The molecular formula is C24H21N9O. The standard InChI is InChI=1S/C24H21N9O/c1-3-32-18(10-12-28-32)21-22(16-8-5-4-7-15(16)14-25)30-24(26)33-23(21)29-20(31-33)13-17-19(34-2)9-6-11-27-17/h4-12H,3,13H2,1-2H3,(H2,26,30). The third kappa shape index (κ3) is 3.49. The average Bonchev–Trinajstić information content (AvgIpc) is 3.51. The summed E-state index contributed by atoms with van der Waals surface area (Å²) in [5, 5.41) is 18.8. The van der Waals surface area contributed by atoms with Crippen LogP contribution in [0, 0.1) is 11.3 Å². The molecule has 0 fully saturated rings. The molecule has 0 radical (unpaired) electrons. The first-order chi connectivity index (χ1) is 16.6. The highest BCUT2D eigenvalue weighted by molar-refractivity contribution is 5.90. The van der Waals surface area contributed by atoms with E-state index in [-0.39, 0.29) is 5.95 Å². The first-order valence-corrected chi connectivity index (χ1v) is 10.7. The van der Waals surface area contributed by atoms with Gasteiger partial charge < -0.3 is 10.5 Å². The number of nitrogens with zero attached hydrogens (tertiary/aromatic N) is 8. The Morgan fingerprint density at radius 1 is 1.09 bits per heavy atom. The molecule has 0 amide bonds. The van der Waals surface area contributed by atoms with Gasteiger partial charge in [0.2, 0.25) is 5.95 Å². The second-order valence-corrected chi connectivity index (χ2v) is 7.48. The molecule has 0 unspecified atom stereocenters. The van der Waals surface area contributed by atoms with Gasteiger partial charge in [-0.3, -0.25) is 9.67 Å². The smallest absolute Gasteiger partial charge is 0.223 e. The predicted octanol–water partition coefficient (Wildman–Crippen LogP) is 3.12. The molecule has 10 nitrogen and oxygen atoms in total. The summed E-state index contributed by atoms with van der Waals surface area (Å²) in [7, 11) is 1.60. The molecule has 2 N–H and O–H groups in total. The Bertz CT molecular complexity index is 1540. The van der Waals surface area contributed by atoms with Gasteiger partial charge in [-0.1, -0.05) is 18.2 Å². The molecule has 0 aliphatic rings. The number of nitrogens with two attached hydrogens (primary N) is 1. The minimum Gasteiger partial charge on any atom is -0.495 e. The topological polar surface area (TPSA) is 133 Å². The van der Waals surface area contributed by atoms with Crippen molar-refractivity contribution in [1.82, 2.24) is 34.3 Å². The van der Waals surface area contributed by atoms with E-state index in [1.54, 1.807) is 25.6 Å². The van der Waals surface area contributed by atoms with Gasteiger partial charge in [0.25, 0.3) is 0 Å². The largest absolute Gasteiger partial charge is 0.495 e. The summed E-state index contributed by atoms with van der Waals surface area (Å²) < 4.78 is 8.80. The van der Waals surface area contributed by atoms with E-state index in [4.69, 9.17) is 15.5 Å². The van der Waals surface area contributed by atoms with Gasteiger partial charge in [0, 0.05) is 24.5 Å². The summed E-state index contributed by atoms with van der Waals surface area (Å²) >= 11 is 0. The van der Waals surface area contributed by atoms with Crippen LogP contribution in [-0.4, -0.2) is 41.5 Å². The number of pyridine rings is 1. The lowest BCUT2D eigenvalue weighted by atomic mass is 9.99. The van der Waals surface area contributed by atoms with Gasteiger partial charge in [-0.05, 0) is 31.2 Å². The number of aromatic nitrogens is 7. The molecular weight excluding hydrogens is 430 g/mol. The predicted molar refractivity (Wildman–Crippen MR) is 126 cm³/mol. The van der Waals surface area contributed by atoms with Crippen LogP contribution in [0.15, 0.2) is 54.9 Å². The summed E-state index contributed by atoms with van der Waals surface area (Å²) in [6.07, 6.45) is 3.77. The molecule has 5 rings (SSSR count). The Morgan fingerprint density at radius 2 is 1.94 bits per heavy atom. The summed E-state index contributed by atoms with van der Waals surface area (Å²) in [4.78, 5) is 13.9. The Morgan fingerprint density at radius 3 is 2.74 bits per heavy atom. The van der Waals surface area contributed by atoms with E-state index in [0.29, 0.717) is 58.3 Å².